The third-order valence-corrected chi connectivity index (χ3v) is 6.95. The molecule has 6 nitrogen and oxygen atoms in total. The van der Waals surface area contributed by atoms with Gasteiger partial charge in [0.15, 0.2) is 0 Å². The van der Waals surface area contributed by atoms with Crippen molar-refractivity contribution >= 4 is 17.8 Å². The molecule has 1 heterocycles. The van der Waals surface area contributed by atoms with E-state index < -0.39 is 11.6 Å². The summed E-state index contributed by atoms with van der Waals surface area (Å²) in [5.41, 5.74) is 1.78. The Hall–Kier alpha value is -3.15. The van der Waals surface area contributed by atoms with Gasteiger partial charge in [0, 0.05) is 12.6 Å². The van der Waals surface area contributed by atoms with E-state index in [1.54, 1.807) is 6.92 Å². The minimum Gasteiger partial charge on any atom is -0.334 e. The molecule has 33 heavy (non-hydrogen) atoms. The SMILES string of the molecule is CCCc1ccc([C@]2(C)NC(=O)N(CC(=O)N(Cc3ccccc3)[C@@H](C)C3CC3)C2=O)cc1. The lowest BCUT2D eigenvalue weighted by Gasteiger charge is -2.31. The van der Waals surface area contributed by atoms with Crippen LogP contribution in [0.4, 0.5) is 4.79 Å². The lowest BCUT2D eigenvalue weighted by atomic mass is 9.91. The normalized spacial score (nSPS) is 21.1. The van der Waals surface area contributed by atoms with E-state index >= 15 is 0 Å². The zero-order valence-corrected chi connectivity index (χ0v) is 19.7. The minimum absolute atomic E-state index is 0.0657. The van der Waals surface area contributed by atoms with Crippen LogP contribution >= 0.6 is 0 Å². The Balaban J connectivity index is 1.51. The van der Waals surface area contributed by atoms with Crippen LogP contribution in [0.5, 0.6) is 0 Å². The molecule has 1 aliphatic heterocycles. The smallest absolute Gasteiger partial charge is 0.325 e. The number of urea groups is 1. The zero-order valence-electron chi connectivity index (χ0n) is 19.7. The Morgan fingerprint density at radius 2 is 1.76 bits per heavy atom. The summed E-state index contributed by atoms with van der Waals surface area (Å²) < 4.78 is 0. The summed E-state index contributed by atoms with van der Waals surface area (Å²) in [6.07, 6.45) is 4.22. The maximum Gasteiger partial charge on any atom is 0.325 e. The number of benzene rings is 2. The Morgan fingerprint density at radius 1 is 1.09 bits per heavy atom. The van der Waals surface area contributed by atoms with Crippen LogP contribution in [-0.4, -0.2) is 40.2 Å². The van der Waals surface area contributed by atoms with Gasteiger partial charge < -0.3 is 10.2 Å². The van der Waals surface area contributed by atoms with Crippen molar-refractivity contribution in [3.8, 4) is 0 Å². The number of carbonyl (C=O) groups is 3. The molecule has 2 aromatic rings. The van der Waals surface area contributed by atoms with E-state index in [9.17, 15) is 14.4 Å². The summed E-state index contributed by atoms with van der Waals surface area (Å²) in [4.78, 5) is 42.4. The lowest BCUT2D eigenvalue weighted by Crippen LogP contribution is -2.47. The number of amides is 4. The molecule has 6 heteroatoms. The second-order valence-electron chi connectivity index (χ2n) is 9.48. The zero-order chi connectivity index (χ0) is 23.6. The van der Waals surface area contributed by atoms with Gasteiger partial charge in [0.05, 0.1) is 0 Å². The summed E-state index contributed by atoms with van der Waals surface area (Å²) in [5, 5.41) is 2.82. The molecular formula is C27H33N3O3. The lowest BCUT2D eigenvalue weighted by molar-refractivity contribution is -0.140. The van der Waals surface area contributed by atoms with Gasteiger partial charge in [-0.05, 0) is 55.7 Å². The molecule has 2 aromatic carbocycles. The number of hydrogen-bond acceptors (Lipinski definition) is 3. The van der Waals surface area contributed by atoms with Crippen molar-refractivity contribution in [1.29, 1.82) is 0 Å². The number of nitrogens with one attached hydrogen (secondary N) is 1. The van der Waals surface area contributed by atoms with Gasteiger partial charge in [-0.15, -0.1) is 0 Å². The second kappa shape index (κ2) is 9.38. The van der Waals surface area contributed by atoms with Gasteiger partial charge in [-0.2, -0.15) is 0 Å². The topological polar surface area (TPSA) is 69.7 Å². The van der Waals surface area contributed by atoms with Crippen LogP contribution in [0.15, 0.2) is 54.6 Å². The van der Waals surface area contributed by atoms with Gasteiger partial charge in [0.2, 0.25) is 5.91 Å². The van der Waals surface area contributed by atoms with Gasteiger partial charge in [-0.3, -0.25) is 14.5 Å². The van der Waals surface area contributed by atoms with Gasteiger partial charge in [0.25, 0.3) is 5.91 Å². The monoisotopic (exact) mass is 447 g/mol. The molecule has 0 radical (unpaired) electrons. The molecule has 4 rings (SSSR count). The van der Waals surface area contributed by atoms with Crippen molar-refractivity contribution in [1.82, 2.24) is 15.1 Å². The molecule has 0 aromatic heterocycles. The van der Waals surface area contributed by atoms with E-state index in [1.165, 1.54) is 5.56 Å². The van der Waals surface area contributed by atoms with E-state index in [2.05, 4.69) is 19.2 Å². The fourth-order valence-electron chi connectivity index (χ4n) is 4.63. The first-order chi connectivity index (χ1) is 15.8. The molecule has 1 saturated heterocycles. The number of nitrogens with zero attached hydrogens (tertiary/aromatic N) is 2. The maximum absolute atomic E-state index is 13.4. The Bertz CT molecular complexity index is 1020. The van der Waals surface area contributed by atoms with Crippen molar-refractivity contribution in [3.05, 3.63) is 71.3 Å². The first-order valence-corrected chi connectivity index (χ1v) is 11.9. The van der Waals surface area contributed by atoms with E-state index in [0.717, 1.165) is 41.7 Å². The van der Waals surface area contributed by atoms with Gasteiger partial charge in [0.1, 0.15) is 12.1 Å². The summed E-state index contributed by atoms with van der Waals surface area (Å²) in [7, 11) is 0. The highest BCUT2D eigenvalue weighted by atomic mass is 16.2. The van der Waals surface area contributed by atoms with Crippen LogP contribution in [0.2, 0.25) is 0 Å². The molecule has 2 atom stereocenters. The fourth-order valence-corrected chi connectivity index (χ4v) is 4.63. The number of rotatable bonds is 9. The molecule has 1 N–H and O–H groups in total. The van der Waals surface area contributed by atoms with Crippen molar-refractivity contribution in [2.75, 3.05) is 6.54 Å². The van der Waals surface area contributed by atoms with Crippen LogP contribution < -0.4 is 5.32 Å². The fraction of sp³-hybridized carbons (Fsp3) is 0.444. The summed E-state index contributed by atoms with van der Waals surface area (Å²) in [6.45, 7) is 6.11. The number of aryl methyl sites for hydroxylation is 1. The van der Waals surface area contributed by atoms with Crippen LogP contribution in [0.3, 0.4) is 0 Å². The maximum atomic E-state index is 13.4. The van der Waals surface area contributed by atoms with Crippen molar-refractivity contribution in [2.24, 2.45) is 5.92 Å². The van der Waals surface area contributed by atoms with Crippen molar-refractivity contribution in [2.45, 2.75) is 64.6 Å². The molecule has 174 valence electrons. The standard InChI is InChI=1S/C27H33N3O3/c1-4-8-20-11-15-23(16-12-20)27(3)25(32)30(26(33)28-27)18-24(31)29(19(2)22-13-14-22)17-21-9-6-5-7-10-21/h5-7,9-12,15-16,19,22H,4,8,13-14,17-18H2,1-3H3,(H,28,33)/t19-,27-/m0/s1. The van der Waals surface area contributed by atoms with Crippen LogP contribution in [0.25, 0.3) is 0 Å². The van der Waals surface area contributed by atoms with E-state index in [-0.39, 0.29) is 24.4 Å². The third-order valence-electron chi connectivity index (χ3n) is 6.95. The quantitative estimate of drug-likeness (QED) is 0.585. The van der Waals surface area contributed by atoms with Gasteiger partial charge in [-0.25, -0.2) is 4.79 Å². The average molecular weight is 448 g/mol. The first kappa shape index (κ1) is 23.0. The Labute approximate surface area is 196 Å². The van der Waals surface area contributed by atoms with Crippen LogP contribution in [-0.2, 0) is 28.1 Å². The Morgan fingerprint density at radius 3 is 2.36 bits per heavy atom. The number of carbonyl (C=O) groups excluding carboxylic acids is 3. The molecule has 0 bridgehead atoms. The second-order valence-corrected chi connectivity index (χ2v) is 9.48. The van der Waals surface area contributed by atoms with E-state index in [1.807, 2.05) is 59.5 Å². The summed E-state index contributed by atoms with van der Waals surface area (Å²) >= 11 is 0. The molecule has 0 unspecified atom stereocenters. The third kappa shape index (κ3) is 4.80. The molecule has 4 amide bonds. The van der Waals surface area contributed by atoms with Gasteiger partial charge in [-0.1, -0.05) is 67.9 Å². The molecule has 2 fully saturated rings. The molecule has 0 spiro atoms. The van der Waals surface area contributed by atoms with Crippen LogP contribution in [0.1, 0.15) is 56.7 Å². The molecule has 1 saturated carbocycles. The predicted molar refractivity (Wildman–Crippen MR) is 127 cm³/mol. The molecule has 1 aliphatic carbocycles. The van der Waals surface area contributed by atoms with Crippen LogP contribution in [0, 0.1) is 5.92 Å². The highest BCUT2D eigenvalue weighted by molar-refractivity contribution is 6.09. The number of hydrogen-bond donors (Lipinski definition) is 1. The van der Waals surface area contributed by atoms with Crippen molar-refractivity contribution in [3.63, 3.8) is 0 Å². The van der Waals surface area contributed by atoms with Gasteiger partial charge >= 0.3 is 6.03 Å². The first-order valence-electron chi connectivity index (χ1n) is 11.9. The van der Waals surface area contributed by atoms with E-state index in [4.69, 9.17) is 0 Å². The highest BCUT2D eigenvalue weighted by Gasteiger charge is 2.50. The Kier molecular flexibility index (Phi) is 6.54. The molecule has 2 aliphatic rings. The predicted octanol–water partition coefficient (Wildman–Crippen LogP) is 4.23. The summed E-state index contributed by atoms with van der Waals surface area (Å²) in [5.74, 6) is -0.111. The van der Waals surface area contributed by atoms with E-state index in [0.29, 0.717) is 12.5 Å². The number of imide groups is 1. The molecular weight excluding hydrogens is 414 g/mol. The van der Waals surface area contributed by atoms with Crippen molar-refractivity contribution < 1.29 is 14.4 Å². The average Bonchev–Trinajstić information content (AvgIpc) is 3.63. The highest BCUT2D eigenvalue weighted by Crippen LogP contribution is 2.36. The minimum atomic E-state index is -1.17. The largest absolute Gasteiger partial charge is 0.334 e. The summed E-state index contributed by atoms with van der Waals surface area (Å²) in [6, 6.07) is 17.2.